The van der Waals surface area contributed by atoms with Crippen LogP contribution >= 0.6 is 0 Å². The zero-order chi connectivity index (χ0) is 10.0. The van der Waals surface area contributed by atoms with E-state index in [-0.39, 0.29) is 16.8 Å². The van der Waals surface area contributed by atoms with Crippen LogP contribution in [0.2, 0.25) is 0 Å². The van der Waals surface area contributed by atoms with Crippen molar-refractivity contribution in [2.24, 2.45) is 0 Å². The maximum absolute atomic E-state index is 13.2. The van der Waals surface area contributed by atoms with E-state index in [0.717, 1.165) is 0 Å². The van der Waals surface area contributed by atoms with Crippen LogP contribution in [0, 0.1) is 17.1 Å². The minimum Gasteiger partial charge on any atom is -0.395 e. The van der Waals surface area contributed by atoms with E-state index in [4.69, 9.17) is 11.0 Å². The average molecular weight is 178 g/mol. The SMILES string of the molecule is CC(=O)c1ccc(C#N)c(N)c1F. The van der Waals surface area contributed by atoms with Gasteiger partial charge < -0.3 is 5.73 Å². The van der Waals surface area contributed by atoms with Gasteiger partial charge in [-0.2, -0.15) is 5.26 Å². The Morgan fingerprint density at radius 2 is 2.23 bits per heavy atom. The van der Waals surface area contributed by atoms with Crippen LogP contribution in [0.3, 0.4) is 0 Å². The number of nitrogens with two attached hydrogens (primary N) is 1. The molecule has 0 unspecified atom stereocenters. The first-order chi connectivity index (χ1) is 6.07. The lowest BCUT2D eigenvalue weighted by atomic mass is 10.1. The first kappa shape index (κ1) is 9.20. The lowest BCUT2D eigenvalue weighted by Gasteiger charge is -2.02. The molecule has 0 bridgehead atoms. The van der Waals surface area contributed by atoms with E-state index >= 15 is 0 Å². The molecule has 0 amide bonds. The molecule has 66 valence electrons. The average Bonchev–Trinajstić information content (AvgIpc) is 2.09. The Balaban J connectivity index is 3.42. The molecular formula is C9H7FN2O. The van der Waals surface area contributed by atoms with Crippen LogP contribution in [0.15, 0.2) is 12.1 Å². The molecule has 0 saturated carbocycles. The number of hydrogen-bond acceptors (Lipinski definition) is 3. The van der Waals surface area contributed by atoms with Crippen LogP contribution in [0.4, 0.5) is 10.1 Å². The number of halogens is 1. The van der Waals surface area contributed by atoms with Crippen LogP contribution < -0.4 is 5.73 Å². The third kappa shape index (κ3) is 1.49. The fourth-order valence-electron chi connectivity index (χ4n) is 0.962. The molecule has 4 heteroatoms. The number of benzene rings is 1. The number of carbonyl (C=O) groups is 1. The van der Waals surface area contributed by atoms with E-state index in [1.54, 1.807) is 6.07 Å². The molecule has 2 N–H and O–H groups in total. The van der Waals surface area contributed by atoms with Crippen molar-refractivity contribution in [3.05, 3.63) is 29.1 Å². The molecule has 0 spiro atoms. The van der Waals surface area contributed by atoms with Gasteiger partial charge in [-0.25, -0.2) is 4.39 Å². The molecule has 1 rings (SSSR count). The van der Waals surface area contributed by atoms with Gasteiger partial charge in [0.25, 0.3) is 0 Å². The van der Waals surface area contributed by atoms with Crippen molar-refractivity contribution in [3.8, 4) is 6.07 Å². The molecule has 0 aromatic heterocycles. The molecule has 0 atom stereocenters. The highest BCUT2D eigenvalue weighted by Crippen LogP contribution is 2.19. The Morgan fingerprint density at radius 1 is 1.62 bits per heavy atom. The fraction of sp³-hybridized carbons (Fsp3) is 0.111. The molecule has 13 heavy (non-hydrogen) atoms. The van der Waals surface area contributed by atoms with Gasteiger partial charge in [-0.15, -0.1) is 0 Å². The van der Waals surface area contributed by atoms with Crippen molar-refractivity contribution in [1.82, 2.24) is 0 Å². The standard InChI is InChI=1S/C9H7FN2O/c1-5(13)7-3-2-6(4-11)9(12)8(7)10/h2-3H,12H2,1H3. The summed E-state index contributed by atoms with van der Waals surface area (Å²) in [4.78, 5) is 10.8. The minimum absolute atomic E-state index is 0.0440. The maximum Gasteiger partial charge on any atom is 0.162 e. The molecule has 3 nitrogen and oxygen atoms in total. The Bertz CT molecular complexity index is 407. The van der Waals surface area contributed by atoms with E-state index in [1.165, 1.54) is 19.1 Å². The molecule has 0 aliphatic heterocycles. The third-order valence-corrected chi connectivity index (χ3v) is 1.68. The van der Waals surface area contributed by atoms with Gasteiger partial charge in [-0.3, -0.25) is 4.79 Å². The molecule has 0 fully saturated rings. The zero-order valence-corrected chi connectivity index (χ0v) is 6.97. The monoisotopic (exact) mass is 178 g/mol. The van der Waals surface area contributed by atoms with Gasteiger partial charge in [-0.05, 0) is 19.1 Å². The largest absolute Gasteiger partial charge is 0.395 e. The summed E-state index contributed by atoms with van der Waals surface area (Å²) in [6.45, 7) is 1.24. The smallest absolute Gasteiger partial charge is 0.162 e. The molecule has 0 heterocycles. The predicted molar refractivity (Wildman–Crippen MR) is 45.5 cm³/mol. The molecule has 0 radical (unpaired) electrons. The normalized spacial score (nSPS) is 9.31. The minimum atomic E-state index is -0.813. The number of nitrogen functional groups attached to an aromatic ring is 1. The van der Waals surface area contributed by atoms with Crippen LogP contribution in [0.25, 0.3) is 0 Å². The van der Waals surface area contributed by atoms with Gasteiger partial charge in [0.1, 0.15) is 6.07 Å². The van der Waals surface area contributed by atoms with Gasteiger partial charge in [0.2, 0.25) is 0 Å². The third-order valence-electron chi connectivity index (χ3n) is 1.68. The Morgan fingerprint density at radius 3 is 2.69 bits per heavy atom. The van der Waals surface area contributed by atoms with Crippen molar-refractivity contribution in [1.29, 1.82) is 5.26 Å². The second-order valence-corrected chi connectivity index (χ2v) is 2.56. The number of anilines is 1. The van der Waals surface area contributed by atoms with Crippen LogP contribution in [0.1, 0.15) is 22.8 Å². The van der Waals surface area contributed by atoms with Crippen molar-refractivity contribution >= 4 is 11.5 Å². The highest BCUT2D eigenvalue weighted by Gasteiger charge is 2.12. The summed E-state index contributed by atoms with van der Waals surface area (Å²) in [7, 11) is 0. The van der Waals surface area contributed by atoms with Gasteiger partial charge in [-0.1, -0.05) is 0 Å². The van der Waals surface area contributed by atoms with Crippen molar-refractivity contribution < 1.29 is 9.18 Å². The highest BCUT2D eigenvalue weighted by atomic mass is 19.1. The number of rotatable bonds is 1. The highest BCUT2D eigenvalue weighted by molar-refractivity contribution is 5.95. The van der Waals surface area contributed by atoms with E-state index in [2.05, 4.69) is 0 Å². The van der Waals surface area contributed by atoms with Crippen molar-refractivity contribution in [2.45, 2.75) is 6.92 Å². The fourth-order valence-corrected chi connectivity index (χ4v) is 0.962. The summed E-state index contributed by atoms with van der Waals surface area (Å²) < 4.78 is 13.2. The molecule has 0 saturated heterocycles. The molecule has 1 aromatic carbocycles. The summed E-state index contributed by atoms with van der Waals surface area (Å²) in [5.41, 5.74) is 4.97. The summed E-state index contributed by atoms with van der Waals surface area (Å²) in [5.74, 6) is -1.22. The van der Waals surface area contributed by atoms with E-state index < -0.39 is 11.6 Å². The molecule has 0 aliphatic carbocycles. The molecule has 0 aliphatic rings. The maximum atomic E-state index is 13.2. The Hall–Kier alpha value is -1.89. The first-order valence-electron chi connectivity index (χ1n) is 3.57. The first-order valence-corrected chi connectivity index (χ1v) is 3.57. The zero-order valence-electron chi connectivity index (χ0n) is 6.97. The molecular weight excluding hydrogens is 171 g/mol. The number of carbonyl (C=O) groups excluding carboxylic acids is 1. The summed E-state index contributed by atoms with van der Waals surface area (Å²) >= 11 is 0. The number of ketones is 1. The summed E-state index contributed by atoms with van der Waals surface area (Å²) in [6, 6.07) is 4.31. The summed E-state index contributed by atoms with van der Waals surface area (Å²) in [6.07, 6.45) is 0. The Labute approximate surface area is 74.6 Å². The van der Waals surface area contributed by atoms with E-state index in [1.807, 2.05) is 0 Å². The van der Waals surface area contributed by atoms with Crippen LogP contribution in [-0.2, 0) is 0 Å². The van der Waals surface area contributed by atoms with E-state index in [9.17, 15) is 9.18 Å². The Kier molecular flexibility index (Phi) is 2.29. The van der Waals surface area contributed by atoms with Gasteiger partial charge >= 0.3 is 0 Å². The lowest BCUT2D eigenvalue weighted by molar-refractivity contribution is 0.101. The van der Waals surface area contributed by atoms with Crippen molar-refractivity contribution in [3.63, 3.8) is 0 Å². The van der Waals surface area contributed by atoms with Gasteiger partial charge in [0.05, 0.1) is 16.8 Å². The number of hydrogen-bond donors (Lipinski definition) is 1. The molecule has 1 aromatic rings. The number of nitrogens with zero attached hydrogens (tertiary/aromatic N) is 1. The summed E-state index contributed by atoms with van der Waals surface area (Å²) in [5, 5.41) is 8.49. The lowest BCUT2D eigenvalue weighted by Crippen LogP contribution is -2.03. The second kappa shape index (κ2) is 3.23. The number of nitriles is 1. The van der Waals surface area contributed by atoms with E-state index in [0.29, 0.717) is 0 Å². The van der Waals surface area contributed by atoms with Gasteiger partial charge in [0.15, 0.2) is 11.6 Å². The number of Topliss-reactive ketones (excluding diaryl/α,β-unsaturated/α-hetero) is 1. The second-order valence-electron chi connectivity index (χ2n) is 2.56. The predicted octanol–water partition coefficient (Wildman–Crippen LogP) is 1.48. The van der Waals surface area contributed by atoms with Crippen molar-refractivity contribution in [2.75, 3.05) is 5.73 Å². The van der Waals surface area contributed by atoms with Crippen LogP contribution in [0.5, 0.6) is 0 Å². The quantitative estimate of drug-likeness (QED) is 0.523. The topological polar surface area (TPSA) is 66.9 Å². The van der Waals surface area contributed by atoms with Crippen LogP contribution in [-0.4, -0.2) is 5.78 Å². The van der Waals surface area contributed by atoms with Gasteiger partial charge in [0, 0.05) is 0 Å².